The summed E-state index contributed by atoms with van der Waals surface area (Å²) in [6.45, 7) is 2.12. The quantitative estimate of drug-likeness (QED) is 0.731. The van der Waals surface area contributed by atoms with Gasteiger partial charge >= 0.3 is 0 Å². The van der Waals surface area contributed by atoms with Gasteiger partial charge in [-0.1, -0.05) is 18.2 Å². The number of fused-ring (bicyclic) bond motifs is 1. The van der Waals surface area contributed by atoms with Crippen molar-refractivity contribution in [1.82, 2.24) is 9.97 Å². The van der Waals surface area contributed by atoms with E-state index in [1.54, 1.807) is 18.3 Å². The van der Waals surface area contributed by atoms with E-state index in [0.717, 1.165) is 42.7 Å². The number of amides is 1. The smallest absolute Gasteiger partial charge is 0.250 e. The maximum absolute atomic E-state index is 11.7. The van der Waals surface area contributed by atoms with Crippen molar-refractivity contribution in [3.05, 3.63) is 65.5 Å². The number of hydrogen-bond acceptors (Lipinski definition) is 4. The van der Waals surface area contributed by atoms with Crippen LogP contribution in [0, 0.1) is 6.92 Å². The Morgan fingerprint density at radius 2 is 1.89 bits per heavy atom. The van der Waals surface area contributed by atoms with Crippen molar-refractivity contribution < 1.29 is 4.79 Å². The summed E-state index contributed by atoms with van der Waals surface area (Å²) in [7, 11) is 0. The average molecular weight is 360 g/mol. The third kappa shape index (κ3) is 3.63. The van der Waals surface area contributed by atoms with E-state index >= 15 is 0 Å². The van der Waals surface area contributed by atoms with Crippen molar-refractivity contribution in [2.24, 2.45) is 5.73 Å². The van der Waals surface area contributed by atoms with E-state index < -0.39 is 5.91 Å². The molecule has 138 valence electrons. The molecule has 1 fully saturated rings. The van der Waals surface area contributed by atoms with Gasteiger partial charge in [-0.2, -0.15) is 0 Å². The van der Waals surface area contributed by atoms with E-state index in [1.807, 2.05) is 12.1 Å². The second kappa shape index (κ2) is 7.35. The molecular weight excluding hydrogens is 336 g/mol. The Balaban J connectivity index is 1.45. The van der Waals surface area contributed by atoms with Crippen molar-refractivity contribution >= 4 is 22.6 Å². The van der Waals surface area contributed by atoms with Crippen molar-refractivity contribution in [1.29, 1.82) is 0 Å². The van der Waals surface area contributed by atoms with Gasteiger partial charge in [-0.05, 0) is 62.4 Å². The van der Waals surface area contributed by atoms with Gasteiger partial charge in [0.2, 0.25) is 0 Å². The molecule has 2 aromatic heterocycles. The number of hydrogen-bond donors (Lipinski definition) is 2. The fourth-order valence-corrected chi connectivity index (χ4v) is 4.09. The van der Waals surface area contributed by atoms with Crippen molar-refractivity contribution in [3.8, 4) is 0 Å². The minimum atomic E-state index is -0.394. The second-order valence-corrected chi connectivity index (χ2v) is 7.33. The summed E-state index contributed by atoms with van der Waals surface area (Å²) in [5.74, 6) is 0.831. The molecule has 1 aliphatic carbocycles. The molecule has 0 unspecified atom stereocenters. The number of aromatic nitrogens is 2. The van der Waals surface area contributed by atoms with E-state index in [4.69, 9.17) is 10.7 Å². The van der Waals surface area contributed by atoms with E-state index in [2.05, 4.69) is 35.4 Å². The van der Waals surface area contributed by atoms with Gasteiger partial charge in [0.05, 0.1) is 16.8 Å². The largest absolute Gasteiger partial charge is 0.367 e. The highest BCUT2D eigenvalue weighted by Gasteiger charge is 2.26. The van der Waals surface area contributed by atoms with Gasteiger partial charge in [0.25, 0.3) is 5.91 Å². The molecule has 0 bridgehead atoms. The first-order chi connectivity index (χ1) is 13.1. The lowest BCUT2D eigenvalue weighted by molar-refractivity contribution is 0.0998. The molecule has 5 heteroatoms. The highest BCUT2D eigenvalue weighted by Crippen LogP contribution is 2.34. The molecule has 0 saturated heterocycles. The molecule has 27 heavy (non-hydrogen) atoms. The molecule has 0 radical (unpaired) electrons. The van der Waals surface area contributed by atoms with Gasteiger partial charge in [0.1, 0.15) is 5.82 Å². The van der Waals surface area contributed by atoms with Crippen LogP contribution < -0.4 is 11.1 Å². The van der Waals surface area contributed by atoms with Crippen LogP contribution in [0.15, 0.2) is 48.7 Å². The van der Waals surface area contributed by atoms with E-state index in [9.17, 15) is 4.79 Å². The molecule has 1 aromatic carbocycles. The number of nitrogens with zero attached hydrogens (tertiary/aromatic N) is 2. The number of benzene rings is 1. The number of nitrogens with two attached hydrogens (primary N) is 1. The summed E-state index contributed by atoms with van der Waals surface area (Å²) in [5.41, 5.74) is 9.17. The van der Waals surface area contributed by atoms with Crippen molar-refractivity contribution in [3.63, 3.8) is 0 Å². The molecule has 2 heterocycles. The molecule has 4 rings (SSSR count). The lowest BCUT2D eigenvalue weighted by Crippen LogP contribution is -2.27. The predicted molar refractivity (Wildman–Crippen MR) is 108 cm³/mol. The van der Waals surface area contributed by atoms with Crippen LogP contribution >= 0.6 is 0 Å². The first kappa shape index (κ1) is 17.5. The third-order valence-electron chi connectivity index (χ3n) is 5.49. The summed E-state index contributed by atoms with van der Waals surface area (Å²) >= 11 is 0. The van der Waals surface area contributed by atoms with Crippen LogP contribution in [0.1, 0.15) is 53.2 Å². The van der Waals surface area contributed by atoms with Crippen LogP contribution in [0.25, 0.3) is 10.9 Å². The van der Waals surface area contributed by atoms with Crippen LogP contribution in [0.2, 0.25) is 0 Å². The van der Waals surface area contributed by atoms with Crippen LogP contribution in [0.3, 0.4) is 0 Å². The number of nitrogens with one attached hydrogen (secondary N) is 1. The molecule has 1 saturated carbocycles. The number of anilines is 1. The average Bonchev–Trinajstić information content (AvgIpc) is 2.69. The highest BCUT2D eigenvalue weighted by atomic mass is 16.1. The van der Waals surface area contributed by atoms with Gasteiger partial charge in [-0.25, -0.2) is 4.98 Å². The van der Waals surface area contributed by atoms with E-state index in [0.29, 0.717) is 11.6 Å². The van der Waals surface area contributed by atoms with Gasteiger partial charge in [0, 0.05) is 23.5 Å². The maximum Gasteiger partial charge on any atom is 0.250 e. The van der Waals surface area contributed by atoms with Crippen molar-refractivity contribution in [2.45, 2.75) is 44.6 Å². The zero-order valence-electron chi connectivity index (χ0n) is 15.5. The van der Waals surface area contributed by atoms with Gasteiger partial charge < -0.3 is 11.1 Å². The van der Waals surface area contributed by atoms with Gasteiger partial charge in [0.15, 0.2) is 0 Å². The lowest BCUT2D eigenvalue weighted by atomic mass is 9.82. The molecule has 1 aliphatic rings. The van der Waals surface area contributed by atoms with Crippen molar-refractivity contribution in [2.75, 3.05) is 5.32 Å². The minimum Gasteiger partial charge on any atom is -0.367 e. The predicted octanol–water partition coefficient (Wildman–Crippen LogP) is 4.18. The standard InChI is InChI=1S/C22H24N4O/c1-14-13-20(26-19-7-3-2-5-17(14)19)25-16-10-8-15(9-11-16)21-18(22(23)27)6-4-12-24-21/h2-7,12-13,15-16H,8-11H2,1H3,(H2,23,27)(H,25,26). The molecular formula is C22H24N4O. The van der Waals surface area contributed by atoms with Crippen LogP contribution in [-0.4, -0.2) is 21.9 Å². The Morgan fingerprint density at radius 1 is 1.11 bits per heavy atom. The summed E-state index contributed by atoms with van der Waals surface area (Å²) < 4.78 is 0. The number of carbonyl (C=O) groups is 1. The Morgan fingerprint density at radius 3 is 2.67 bits per heavy atom. The Kier molecular flexibility index (Phi) is 4.75. The first-order valence-corrected chi connectivity index (χ1v) is 9.49. The SMILES string of the molecule is Cc1cc(NC2CCC(c3ncccc3C(N)=O)CC2)nc2ccccc12. The third-order valence-corrected chi connectivity index (χ3v) is 5.49. The van der Waals surface area contributed by atoms with E-state index in [1.165, 1.54) is 10.9 Å². The Labute approximate surface area is 159 Å². The zero-order chi connectivity index (χ0) is 18.8. The number of para-hydroxylation sites is 1. The topological polar surface area (TPSA) is 80.9 Å². The molecule has 3 aromatic rings. The minimum absolute atomic E-state index is 0.290. The number of pyridine rings is 2. The Hall–Kier alpha value is -2.95. The number of rotatable bonds is 4. The summed E-state index contributed by atoms with van der Waals surface area (Å²) in [6, 6.07) is 14.3. The van der Waals surface area contributed by atoms with Crippen LogP contribution in [0.5, 0.6) is 0 Å². The Bertz CT molecular complexity index is 977. The van der Waals surface area contributed by atoms with E-state index in [-0.39, 0.29) is 5.92 Å². The molecule has 0 aliphatic heterocycles. The summed E-state index contributed by atoms with van der Waals surface area (Å²) in [6.07, 6.45) is 5.76. The number of primary amides is 1. The molecule has 1 amide bonds. The summed E-state index contributed by atoms with van der Waals surface area (Å²) in [5, 5.41) is 4.80. The molecule has 3 N–H and O–H groups in total. The lowest BCUT2D eigenvalue weighted by Gasteiger charge is -2.30. The molecule has 0 spiro atoms. The summed E-state index contributed by atoms with van der Waals surface area (Å²) in [4.78, 5) is 20.9. The number of carbonyl (C=O) groups excluding carboxylic acids is 1. The highest BCUT2D eigenvalue weighted by molar-refractivity contribution is 5.94. The number of aryl methyl sites for hydroxylation is 1. The van der Waals surface area contributed by atoms with Gasteiger partial charge in [-0.3, -0.25) is 9.78 Å². The van der Waals surface area contributed by atoms with Gasteiger partial charge in [-0.15, -0.1) is 0 Å². The molecule has 5 nitrogen and oxygen atoms in total. The fourth-order valence-electron chi connectivity index (χ4n) is 4.09. The first-order valence-electron chi connectivity index (χ1n) is 9.49. The normalized spacial score (nSPS) is 19.7. The fraction of sp³-hybridized carbons (Fsp3) is 0.318. The zero-order valence-corrected chi connectivity index (χ0v) is 15.5. The maximum atomic E-state index is 11.7. The molecule has 0 atom stereocenters. The monoisotopic (exact) mass is 360 g/mol. The second-order valence-electron chi connectivity index (χ2n) is 7.33. The van der Waals surface area contributed by atoms with Crippen LogP contribution in [-0.2, 0) is 0 Å². The van der Waals surface area contributed by atoms with Crippen LogP contribution in [0.4, 0.5) is 5.82 Å².